The summed E-state index contributed by atoms with van der Waals surface area (Å²) in [5.74, 6) is 1.52. The molecule has 164 valence electrons. The average Bonchev–Trinajstić information content (AvgIpc) is 3.18. The quantitative estimate of drug-likeness (QED) is 0.661. The number of likely N-dealkylation sites (tertiary alicyclic amines) is 1. The molecule has 2 atom stereocenters. The molecule has 2 aromatic heterocycles. The Morgan fingerprint density at radius 1 is 1.16 bits per heavy atom. The van der Waals surface area contributed by atoms with Crippen molar-refractivity contribution in [2.24, 2.45) is 5.92 Å². The normalized spacial score (nSPS) is 21.2. The number of nitrogens with one attached hydrogen (secondary N) is 1. The highest BCUT2D eigenvalue weighted by atomic mass is 16.3. The number of phenols is 1. The largest absolute Gasteiger partial charge is 0.507 e. The zero-order valence-electron chi connectivity index (χ0n) is 19.2. The van der Waals surface area contributed by atoms with E-state index in [1.54, 1.807) is 12.3 Å². The fourth-order valence-electron chi connectivity index (χ4n) is 4.60. The van der Waals surface area contributed by atoms with Crippen molar-refractivity contribution in [2.75, 3.05) is 25.5 Å². The lowest BCUT2D eigenvalue weighted by molar-refractivity contribution is 0.0391. The van der Waals surface area contributed by atoms with Crippen LogP contribution in [0.3, 0.4) is 0 Å². The van der Waals surface area contributed by atoms with E-state index in [0.29, 0.717) is 23.2 Å². The molecule has 2 N–H and O–H groups in total. The van der Waals surface area contributed by atoms with E-state index < -0.39 is 0 Å². The van der Waals surface area contributed by atoms with Gasteiger partial charge in [-0.25, -0.2) is 0 Å². The molecule has 0 aliphatic carbocycles. The van der Waals surface area contributed by atoms with Gasteiger partial charge in [-0.05, 0) is 70.0 Å². The smallest absolute Gasteiger partial charge is 0.151 e. The Labute approximate surface area is 184 Å². The number of hydrogen-bond acceptors (Lipinski definition) is 6. The van der Waals surface area contributed by atoms with Gasteiger partial charge in [-0.1, -0.05) is 13.0 Å². The number of H-pyrrole nitrogens is 1. The average molecular weight is 421 g/mol. The van der Waals surface area contributed by atoms with Crippen LogP contribution in [0, 0.1) is 12.8 Å². The van der Waals surface area contributed by atoms with Gasteiger partial charge in [0.1, 0.15) is 5.75 Å². The third-order valence-electron chi connectivity index (χ3n) is 7.36. The van der Waals surface area contributed by atoms with Crippen LogP contribution in [0.4, 0.5) is 5.82 Å². The van der Waals surface area contributed by atoms with E-state index in [2.05, 4.69) is 65.1 Å². The fraction of sp³-hybridized carbons (Fsp3) is 0.458. The molecule has 4 rings (SSSR count). The van der Waals surface area contributed by atoms with Crippen molar-refractivity contribution in [3.8, 4) is 28.1 Å². The van der Waals surface area contributed by atoms with Gasteiger partial charge in [0.05, 0.1) is 11.9 Å². The molecular formula is C24H32N6O. The maximum absolute atomic E-state index is 10.6. The molecule has 1 fully saturated rings. The summed E-state index contributed by atoms with van der Waals surface area (Å²) in [6.45, 7) is 9.96. The van der Waals surface area contributed by atoms with Gasteiger partial charge in [0, 0.05) is 42.0 Å². The highest BCUT2D eigenvalue weighted by Gasteiger charge is 2.41. The van der Waals surface area contributed by atoms with Crippen LogP contribution in [0.1, 0.15) is 32.9 Å². The lowest BCUT2D eigenvalue weighted by Crippen LogP contribution is -2.59. The lowest BCUT2D eigenvalue weighted by atomic mass is 9.77. The fourth-order valence-corrected chi connectivity index (χ4v) is 4.60. The van der Waals surface area contributed by atoms with Crippen LogP contribution in [0.2, 0.25) is 0 Å². The SMILES string of the molecule is Cc1[nH]ncc1-c1ccc(-c2ccc(N(C)C3CCN(C)C(C)(C)C3C)nn2)c(O)c1. The molecule has 3 heterocycles. The molecule has 0 radical (unpaired) electrons. The van der Waals surface area contributed by atoms with E-state index in [1.165, 1.54) is 0 Å². The van der Waals surface area contributed by atoms with Crippen molar-refractivity contribution < 1.29 is 5.11 Å². The Hall–Kier alpha value is -2.93. The van der Waals surface area contributed by atoms with E-state index >= 15 is 0 Å². The van der Waals surface area contributed by atoms with Gasteiger partial charge >= 0.3 is 0 Å². The zero-order chi connectivity index (χ0) is 22.3. The third-order valence-corrected chi connectivity index (χ3v) is 7.36. The van der Waals surface area contributed by atoms with Crippen molar-refractivity contribution in [3.05, 3.63) is 42.2 Å². The summed E-state index contributed by atoms with van der Waals surface area (Å²) < 4.78 is 0. The summed E-state index contributed by atoms with van der Waals surface area (Å²) in [7, 11) is 4.30. The van der Waals surface area contributed by atoms with E-state index in [0.717, 1.165) is 35.6 Å². The van der Waals surface area contributed by atoms with Gasteiger partial charge in [0.15, 0.2) is 5.82 Å². The number of hydrogen-bond donors (Lipinski definition) is 2. The Kier molecular flexibility index (Phi) is 5.47. The Morgan fingerprint density at radius 2 is 1.94 bits per heavy atom. The van der Waals surface area contributed by atoms with Gasteiger partial charge in [-0.3, -0.25) is 5.10 Å². The number of aromatic hydroxyl groups is 1. The second-order valence-electron chi connectivity index (χ2n) is 9.25. The molecule has 0 bridgehead atoms. The third kappa shape index (κ3) is 3.78. The lowest BCUT2D eigenvalue weighted by Gasteiger charge is -2.51. The molecule has 7 nitrogen and oxygen atoms in total. The van der Waals surface area contributed by atoms with Gasteiger partial charge in [-0.15, -0.1) is 10.2 Å². The predicted molar refractivity (Wildman–Crippen MR) is 124 cm³/mol. The number of aryl methyl sites for hydroxylation is 1. The summed E-state index contributed by atoms with van der Waals surface area (Å²) in [5.41, 5.74) is 4.30. The molecule has 7 heteroatoms. The minimum Gasteiger partial charge on any atom is -0.507 e. The molecule has 2 unspecified atom stereocenters. The second kappa shape index (κ2) is 7.96. The van der Waals surface area contributed by atoms with Crippen LogP contribution in [0.15, 0.2) is 36.5 Å². The standard InChI is InChI=1S/C24H32N6O/c1-15-21(11-12-29(5)24(15,3)4)30(6)23-10-9-20(27-28-23)18-8-7-17(13-22(18)31)19-14-25-26-16(19)2/h7-10,13-15,21,31H,11-12H2,1-6H3,(H,25,26). The van der Waals surface area contributed by atoms with Gasteiger partial charge in [-0.2, -0.15) is 5.10 Å². The molecule has 0 saturated carbocycles. The molecule has 1 aliphatic rings. The molecule has 1 aliphatic heterocycles. The Bertz CT molecular complexity index is 1060. The van der Waals surface area contributed by atoms with Crippen molar-refractivity contribution in [2.45, 2.75) is 45.7 Å². The van der Waals surface area contributed by atoms with Crippen LogP contribution in [0.25, 0.3) is 22.4 Å². The number of aromatic nitrogens is 4. The van der Waals surface area contributed by atoms with Crippen molar-refractivity contribution in [3.63, 3.8) is 0 Å². The maximum Gasteiger partial charge on any atom is 0.151 e. The first-order valence-corrected chi connectivity index (χ1v) is 10.8. The molecule has 0 spiro atoms. The van der Waals surface area contributed by atoms with Gasteiger partial charge < -0.3 is 14.9 Å². The number of nitrogens with zero attached hydrogens (tertiary/aromatic N) is 5. The number of benzene rings is 1. The van der Waals surface area contributed by atoms with Crippen LogP contribution in [-0.4, -0.2) is 62.6 Å². The first kappa shape index (κ1) is 21.3. The predicted octanol–water partition coefficient (Wildman–Crippen LogP) is 4.10. The molecule has 0 amide bonds. The first-order chi connectivity index (χ1) is 14.7. The highest BCUT2D eigenvalue weighted by molar-refractivity contribution is 5.75. The molecule has 31 heavy (non-hydrogen) atoms. The van der Waals surface area contributed by atoms with Crippen LogP contribution >= 0.6 is 0 Å². The summed E-state index contributed by atoms with van der Waals surface area (Å²) in [5, 5.41) is 26.5. The van der Waals surface area contributed by atoms with E-state index in [-0.39, 0.29) is 11.3 Å². The molecule has 1 aromatic carbocycles. The topological polar surface area (TPSA) is 81.2 Å². The van der Waals surface area contributed by atoms with Crippen LogP contribution < -0.4 is 4.90 Å². The number of rotatable bonds is 4. The molecule has 1 saturated heterocycles. The second-order valence-corrected chi connectivity index (χ2v) is 9.25. The van der Waals surface area contributed by atoms with Crippen molar-refractivity contribution >= 4 is 5.82 Å². The Balaban J connectivity index is 1.55. The van der Waals surface area contributed by atoms with Gasteiger partial charge in [0.25, 0.3) is 0 Å². The number of piperidine rings is 1. The van der Waals surface area contributed by atoms with Crippen LogP contribution in [0.5, 0.6) is 5.75 Å². The minimum absolute atomic E-state index is 0.130. The monoisotopic (exact) mass is 420 g/mol. The van der Waals surface area contributed by atoms with Crippen molar-refractivity contribution in [1.29, 1.82) is 0 Å². The number of anilines is 1. The number of aromatic amines is 1. The summed E-state index contributed by atoms with van der Waals surface area (Å²) >= 11 is 0. The zero-order valence-corrected chi connectivity index (χ0v) is 19.2. The minimum atomic E-state index is 0.130. The molecular weight excluding hydrogens is 388 g/mol. The van der Waals surface area contributed by atoms with Crippen molar-refractivity contribution in [1.82, 2.24) is 25.3 Å². The summed E-state index contributed by atoms with van der Waals surface area (Å²) in [6.07, 6.45) is 2.86. The summed E-state index contributed by atoms with van der Waals surface area (Å²) in [6, 6.07) is 9.92. The van der Waals surface area contributed by atoms with Gasteiger partial charge in [0.2, 0.25) is 0 Å². The van der Waals surface area contributed by atoms with E-state index in [9.17, 15) is 5.11 Å². The molecule has 3 aromatic rings. The summed E-state index contributed by atoms with van der Waals surface area (Å²) in [4.78, 5) is 4.69. The Morgan fingerprint density at radius 3 is 2.55 bits per heavy atom. The first-order valence-electron chi connectivity index (χ1n) is 10.8. The highest BCUT2D eigenvalue weighted by Crippen LogP contribution is 2.36. The van der Waals surface area contributed by atoms with Crippen LogP contribution in [-0.2, 0) is 0 Å². The van der Waals surface area contributed by atoms with E-state index in [4.69, 9.17) is 0 Å². The number of phenolic OH excluding ortho intramolecular Hbond substituents is 1. The maximum atomic E-state index is 10.6. The van der Waals surface area contributed by atoms with E-state index in [1.807, 2.05) is 31.2 Å².